The van der Waals surface area contributed by atoms with Crippen LogP contribution in [0.5, 0.6) is 0 Å². The van der Waals surface area contributed by atoms with Gasteiger partial charge in [0.15, 0.2) is 0 Å². The molecule has 1 saturated carbocycles. The molecule has 1 aliphatic rings. The average molecular weight is 269 g/mol. The van der Waals surface area contributed by atoms with E-state index in [0.717, 1.165) is 24.5 Å². The minimum Gasteiger partial charge on any atom is -0.383 e. The van der Waals surface area contributed by atoms with Gasteiger partial charge < -0.3 is 10.3 Å². The Morgan fingerprint density at radius 3 is 2.65 bits per heavy atom. The lowest BCUT2D eigenvalue weighted by atomic mass is 10.0. The Balaban J connectivity index is 2.11. The van der Waals surface area contributed by atoms with E-state index in [1.807, 2.05) is 0 Å². The Bertz CT molecular complexity index is 636. The van der Waals surface area contributed by atoms with Crippen LogP contribution in [0.4, 0.5) is 5.82 Å². The van der Waals surface area contributed by atoms with Gasteiger partial charge in [-0.25, -0.2) is 4.98 Å². The number of aryl methyl sites for hydroxylation is 2. The highest BCUT2D eigenvalue weighted by Gasteiger charge is 2.30. The van der Waals surface area contributed by atoms with Gasteiger partial charge in [0.1, 0.15) is 17.3 Å². The number of hydrogen-bond donors (Lipinski definition) is 1. The van der Waals surface area contributed by atoms with Crippen LogP contribution in [0.15, 0.2) is 18.2 Å². The van der Waals surface area contributed by atoms with Crippen molar-refractivity contribution in [3.05, 3.63) is 35.2 Å². The third-order valence-electron chi connectivity index (χ3n) is 4.06. The van der Waals surface area contributed by atoms with Gasteiger partial charge in [-0.1, -0.05) is 30.7 Å². The molecule has 3 heteroatoms. The van der Waals surface area contributed by atoms with Gasteiger partial charge in [-0.05, 0) is 38.7 Å². The smallest absolute Gasteiger partial charge is 0.131 e. The molecule has 0 amide bonds. The second-order valence-electron chi connectivity index (χ2n) is 5.95. The largest absolute Gasteiger partial charge is 0.383 e. The minimum atomic E-state index is 0.628. The van der Waals surface area contributed by atoms with Crippen LogP contribution >= 0.6 is 0 Å². The van der Waals surface area contributed by atoms with Crippen molar-refractivity contribution in [2.24, 2.45) is 0 Å². The average Bonchev–Trinajstić information content (AvgIpc) is 3.19. The fraction of sp³-hybridized carbons (Fsp3) is 0.471. The molecule has 3 rings (SSSR count). The molecule has 0 atom stereocenters. The zero-order valence-corrected chi connectivity index (χ0v) is 12.6. The summed E-state index contributed by atoms with van der Waals surface area (Å²) in [5, 5.41) is 0. The number of anilines is 1. The molecule has 2 N–H and O–H groups in total. The van der Waals surface area contributed by atoms with E-state index in [0.29, 0.717) is 5.92 Å². The highest BCUT2D eigenvalue weighted by atomic mass is 15.1. The van der Waals surface area contributed by atoms with Crippen LogP contribution in [0.25, 0.3) is 11.3 Å². The van der Waals surface area contributed by atoms with E-state index >= 15 is 0 Å². The van der Waals surface area contributed by atoms with Crippen molar-refractivity contribution in [2.75, 3.05) is 5.73 Å². The van der Waals surface area contributed by atoms with E-state index < -0.39 is 0 Å². The molecule has 0 spiro atoms. The molecule has 2 aromatic rings. The molecule has 1 aromatic heterocycles. The maximum Gasteiger partial charge on any atom is 0.131 e. The van der Waals surface area contributed by atoms with Gasteiger partial charge in [-0.15, -0.1) is 0 Å². The Morgan fingerprint density at radius 1 is 1.30 bits per heavy atom. The number of benzene rings is 1. The molecule has 1 aromatic carbocycles. The molecule has 0 radical (unpaired) electrons. The number of aromatic nitrogens is 2. The standard InChI is InChI=1S/C17H23N3/c1-4-9-20-16(18)15(19-17(20)13-6-7-13)14-8-5-11(2)10-12(14)3/h5,8,10,13H,4,6-7,9,18H2,1-3H3. The van der Waals surface area contributed by atoms with Crippen molar-refractivity contribution in [1.29, 1.82) is 0 Å². The van der Waals surface area contributed by atoms with Crippen LogP contribution in [-0.2, 0) is 6.54 Å². The lowest BCUT2D eigenvalue weighted by molar-refractivity contribution is 0.646. The van der Waals surface area contributed by atoms with Crippen LogP contribution in [0.2, 0.25) is 0 Å². The summed E-state index contributed by atoms with van der Waals surface area (Å²) in [6, 6.07) is 6.48. The van der Waals surface area contributed by atoms with Crippen LogP contribution in [-0.4, -0.2) is 9.55 Å². The third-order valence-corrected chi connectivity index (χ3v) is 4.06. The van der Waals surface area contributed by atoms with Crippen molar-refractivity contribution >= 4 is 5.82 Å². The number of nitrogen functional groups attached to an aromatic ring is 1. The van der Waals surface area contributed by atoms with E-state index in [2.05, 4.69) is 43.5 Å². The fourth-order valence-electron chi connectivity index (χ4n) is 2.87. The highest BCUT2D eigenvalue weighted by molar-refractivity contribution is 5.74. The van der Waals surface area contributed by atoms with Crippen molar-refractivity contribution < 1.29 is 0 Å². The van der Waals surface area contributed by atoms with Crippen LogP contribution < -0.4 is 5.73 Å². The summed E-state index contributed by atoms with van der Waals surface area (Å²) in [6.07, 6.45) is 3.60. The number of hydrogen-bond acceptors (Lipinski definition) is 2. The van der Waals surface area contributed by atoms with Gasteiger partial charge in [0, 0.05) is 18.0 Å². The summed E-state index contributed by atoms with van der Waals surface area (Å²) in [4.78, 5) is 4.89. The topological polar surface area (TPSA) is 43.8 Å². The maximum absolute atomic E-state index is 6.40. The maximum atomic E-state index is 6.40. The number of imidazole rings is 1. The molecule has 1 fully saturated rings. The number of nitrogens with zero attached hydrogens (tertiary/aromatic N) is 2. The predicted molar refractivity (Wildman–Crippen MR) is 83.8 cm³/mol. The molecule has 20 heavy (non-hydrogen) atoms. The molecule has 0 unspecified atom stereocenters. The summed E-state index contributed by atoms with van der Waals surface area (Å²) in [5.41, 5.74) is 11.1. The Morgan fingerprint density at radius 2 is 2.05 bits per heavy atom. The van der Waals surface area contributed by atoms with Gasteiger partial charge in [0.25, 0.3) is 0 Å². The van der Waals surface area contributed by atoms with Crippen LogP contribution in [0.3, 0.4) is 0 Å². The predicted octanol–water partition coefficient (Wildman–Crippen LogP) is 4.04. The summed E-state index contributed by atoms with van der Waals surface area (Å²) in [7, 11) is 0. The van der Waals surface area contributed by atoms with Gasteiger partial charge in [-0.2, -0.15) is 0 Å². The van der Waals surface area contributed by atoms with Gasteiger partial charge in [-0.3, -0.25) is 0 Å². The zero-order valence-electron chi connectivity index (χ0n) is 12.6. The van der Waals surface area contributed by atoms with E-state index in [1.54, 1.807) is 0 Å². The molecule has 0 aliphatic heterocycles. The van der Waals surface area contributed by atoms with Crippen molar-refractivity contribution in [3.63, 3.8) is 0 Å². The normalized spacial score (nSPS) is 14.8. The summed E-state index contributed by atoms with van der Waals surface area (Å²) in [5.74, 6) is 2.66. The molecule has 0 bridgehead atoms. The van der Waals surface area contributed by atoms with E-state index in [1.165, 1.54) is 35.4 Å². The van der Waals surface area contributed by atoms with E-state index in [9.17, 15) is 0 Å². The Hall–Kier alpha value is -1.77. The Labute approximate surface area is 120 Å². The molecule has 106 valence electrons. The second-order valence-corrected chi connectivity index (χ2v) is 5.95. The number of nitrogens with two attached hydrogens (primary N) is 1. The summed E-state index contributed by atoms with van der Waals surface area (Å²) >= 11 is 0. The lowest BCUT2D eigenvalue weighted by Gasteiger charge is -2.08. The Kier molecular flexibility index (Phi) is 3.28. The molecular weight excluding hydrogens is 246 g/mol. The molecule has 1 heterocycles. The second kappa shape index (κ2) is 4.97. The van der Waals surface area contributed by atoms with Crippen LogP contribution in [0.1, 0.15) is 49.1 Å². The van der Waals surface area contributed by atoms with E-state index in [4.69, 9.17) is 10.7 Å². The highest BCUT2D eigenvalue weighted by Crippen LogP contribution is 2.42. The molecule has 3 nitrogen and oxygen atoms in total. The van der Waals surface area contributed by atoms with Crippen molar-refractivity contribution in [1.82, 2.24) is 9.55 Å². The fourth-order valence-corrected chi connectivity index (χ4v) is 2.87. The molecule has 1 aliphatic carbocycles. The zero-order chi connectivity index (χ0) is 14.3. The van der Waals surface area contributed by atoms with Crippen molar-refractivity contribution in [2.45, 2.75) is 52.5 Å². The summed E-state index contributed by atoms with van der Waals surface area (Å²) < 4.78 is 2.23. The molecular formula is C17H23N3. The van der Waals surface area contributed by atoms with Gasteiger partial charge in [0.05, 0.1) is 0 Å². The van der Waals surface area contributed by atoms with Gasteiger partial charge in [0.2, 0.25) is 0 Å². The number of rotatable bonds is 4. The SMILES string of the molecule is CCCn1c(C2CC2)nc(-c2ccc(C)cc2C)c1N. The van der Waals surface area contributed by atoms with Gasteiger partial charge >= 0.3 is 0 Å². The minimum absolute atomic E-state index is 0.628. The first-order valence-electron chi connectivity index (χ1n) is 7.55. The first-order valence-corrected chi connectivity index (χ1v) is 7.55. The quantitative estimate of drug-likeness (QED) is 0.910. The summed E-state index contributed by atoms with van der Waals surface area (Å²) in [6.45, 7) is 7.41. The van der Waals surface area contributed by atoms with Crippen LogP contribution in [0, 0.1) is 13.8 Å². The third kappa shape index (κ3) is 2.21. The first kappa shape index (κ1) is 13.2. The van der Waals surface area contributed by atoms with Crippen molar-refractivity contribution in [3.8, 4) is 11.3 Å². The first-order chi connectivity index (χ1) is 9.61. The monoisotopic (exact) mass is 269 g/mol. The van der Waals surface area contributed by atoms with E-state index in [-0.39, 0.29) is 0 Å². The molecule has 0 saturated heterocycles. The lowest BCUT2D eigenvalue weighted by Crippen LogP contribution is -2.06.